The first-order valence-electron chi connectivity index (χ1n) is 10.9. The van der Waals surface area contributed by atoms with Crippen molar-refractivity contribution in [1.82, 2.24) is 9.88 Å². The molecule has 3 heterocycles. The van der Waals surface area contributed by atoms with Crippen molar-refractivity contribution in [1.29, 1.82) is 0 Å². The molecule has 6 heteroatoms. The minimum atomic E-state index is -0.469. The van der Waals surface area contributed by atoms with Crippen LogP contribution in [0.25, 0.3) is 10.9 Å². The van der Waals surface area contributed by atoms with E-state index in [0.29, 0.717) is 32.7 Å². The maximum atomic E-state index is 13.3. The molecule has 0 radical (unpaired) electrons. The van der Waals surface area contributed by atoms with Gasteiger partial charge in [-0.1, -0.05) is 30.3 Å². The van der Waals surface area contributed by atoms with E-state index in [0.717, 1.165) is 40.6 Å². The predicted molar refractivity (Wildman–Crippen MR) is 118 cm³/mol. The van der Waals surface area contributed by atoms with E-state index in [1.165, 1.54) is 0 Å². The number of nitrogens with zero attached hydrogens (tertiary/aromatic N) is 1. The molecule has 2 fully saturated rings. The fourth-order valence-corrected chi connectivity index (χ4v) is 4.81. The first-order valence-corrected chi connectivity index (χ1v) is 10.9. The van der Waals surface area contributed by atoms with Crippen LogP contribution in [0.2, 0.25) is 0 Å². The summed E-state index contributed by atoms with van der Waals surface area (Å²) < 4.78 is 17.0. The van der Waals surface area contributed by atoms with Crippen LogP contribution in [0.5, 0.6) is 5.75 Å². The molecule has 1 spiro atoms. The lowest BCUT2D eigenvalue weighted by molar-refractivity contribution is -0.187. The fourth-order valence-electron chi connectivity index (χ4n) is 4.81. The molecule has 2 saturated heterocycles. The summed E-state index contributed by atoms with van der Waals surface area (Å²) in [4.78, 5) is 18.7. The van der Waals surface area contributed by atoms with Crippen LogP contribution in [0.3, 0.4) is 0 Å². The zero-order valence-corrected chi connectivity index (χ0v) is 17.8. The number of aromatic amines is 1. The van der Waals surface area contributed by atoms with Crippen LogP contribution in [0.4, 0.5) is 0 Å². The Labute approximate surface area is 182 Å². The second-order valence-electron chi connectivity index (χ2n) is 8.31. The average Bonchev–Trinajstić information content (AvgIpc) is 3.45. The highest BCUT2D eigenvalue weighted by atomic mass is 16.7. The van der Waals surface area contributed by atoms with Crippen molar-refractivity contribution in [3.8, 4) is 5.75 Å². The number of rotatable bonds is 5. The number of carbonyl (C=O) groups is 1. The lowest BCUT2D eigenvalue weighted by atomic mass is 9.87. The number of piperidine rings is 1. The Kier molecular flexibility index (Phi) is 5.42. The molecule has 2 aromatic carbocycles. The number of H-pyrrole nitrogens is 1. The van der Waals surface area contributed by atoms with Gasteiger partial charge in [0.05, 0.1) is 20.3 Å². The summed E-state index contributed by atoms with van der Waals surface area (Å²) in [5.74, 6) is 0.470. The number of hydrogen-bond donors (Lipinski definition) is 1. The van der Waals surface area contributed by atoms with Crippen molar-refractivity contribution in [3.63, 3.8) is 0 Å². The number of para-hydroxylation sites is 1. The molecule has 5 rings (SSSR count). The lowest BCUT2D eigenvalue weighted by Gasteiger charge is -2.38. The lowest BCUT2D eigenvalue weighted by Crippen LogP contribution is -2.47. The van der Waals surface area contributed by atoms with Crippen LogP contribution >= 0.6 is 0 Å². The first-order chi connectivity index (χ1) is 15.2. The maximum absolute atomic E-state index is 13.3. The van der Waals surface area contributed by atoms with E-state index >= 15 is 0 Å². The molecule has 1 atom stereocenters. The summed E-state index contributed by atoms with van der Waals surface area (Å²) in [6.07, 6.45) is 3.93. The van der Waals surface area contributed by atoms with Crippen LogP contribution in [0.1, 0.15) is 36.3 Å². The van der Waals surface area contributed by atoms with E-state index in [1.807, 2.05) is 35.4 Å². The molecule has 0 saturated carbocycles. The van der Waals surface area contributed by atoms with Gasteiger partial charge in [0.25, 0.3) is 0 Å². The SMILES string of the molecule is COc1ccc(C(CC(=O)N2CCC3(CC2)OCCO3)c2c[nH]c3ccccc23)cc1. The topological polar surface area (TPSA) is 63.8 Å². The summed E-state index contributed by atoms with van der Waals surface area (Å²) in [5, 5.41) is 1.15. The molecule has 1 N–H and O–H groups in total. The number of fused-ring (bicyclic) bond motifs is 1. The quantitative estimate of drug-likeness (QED) is 0.676. The number of methoxy groups -OCH3 is 1. The van der Waals surface area contributed by atoms with Gasteiger partial charge in [0, 0.05) is 55.4 Å². The minimum Gasteiger partial charge on any atom is -0.497 e. The summed E-state index contributed by atoms with van der Waals surface area (Å²) in [5.41, 5.74) is 3.33. The van der Waals surface area contributed by atoms with E-state index in [2.05, 4.69) is 29.2 Å². The molecule has 1 aromatic heterocycles. The standard InChI is InChI=1S/C25H28N2O4/c1-29-19-8-6-18(7-9-19)21(22-17-26-23-5-3-2-4-20(22)23)16-24(28)27-12-10-25(11-13-27)30-14-15-31-25/h2-9,17,21,26H,10-16H2,1H3. The van der Waals surface area contributed by atoms with Crippen LogP contribution in [-0.2, 0) is 14.3 Å². The smallest absolute Gasteiger partial charge is 0.223 e. The van der Waals surface area contributed by atoms with Crippen molar-refractivity contribution in [2.24, 2.45) is 0 Å². The third kappa shape index (κ3) is 3.93. The van der Waals surface area contributed by atoms with Crippen molar-refractivity contribution in [3.05, 3.63) is 65.9 Å². The zero-order valence-electron chi connectivity index (χ0n) is 17.8. The van der Waals surface area contributed by atoms with Gasteiger partial charge in [-0.15, -0.1) is 0 Å². The van der Waals surface area contributed by atoms with E-state index in [4.69, 9.17) is 14.2 Å². The number of nitrogens with one attached hydrogen (secondary N) is 1. The molecule has 1 unspecified atom stereocenters. The number of amides is 1. The van der Waals surface area contributed by atoms with Crippen LogP contribution in [0, 0.1) is 0 Å². The Morgan fingerprint density at radius 3 is 2.52 bits per heavy atom. The summed E-state index contributed by atoms with van der Waals surface area (Å²) >= 11 is 0. The van der Waals surface area contributed by atoms with Crippen LogP contribution in [0.15, 0.2) is 54.7 Å². The monoisotopic (exact) mass is 420 g/mol. The van der Waals surface area contributed by atoms with Crippen molar-refractivity contribution >= 4 is 16.8 Å². The highest BCUT2D eigenvalue weighted by Crippen LogP contribution is 2.36. The molecular weight excluding hydrogens is 392 g/mol. The Morgan fingerprint density at radius 2 is 1.81 bits per heavy atom. The van der Waals surface area contributed by atoms with Gasteiger partial charge in [-0.05, 0) is 29.3 Å². The molecule has 0 bridgehead atoms. The third-order valence-electron chi connectivity index (χ3n) is 6.59. The molecule has 162 valence electrons. The minimum absolute atomic E-state index is 0.0376. The van der Waals surface area contributed by atoms with Gasteiger partial charge in [-0.2, -0.15) is 0 Å². The predicted octanol–water partition coefficient (Wildman–Crippen LogP) is 4.06. The maximum Gasteiger partial charge on any atom is 0.223 e. The number of aromatic nitrogens is 1. The summed E-state index contributed by atoms with van der Waals surface area (Å²) in [6.45, 7) is 2.63. The fraction of sp³-hybridized carbons (Fsp3) is 0.400. The Balaban J connectivity index is 1.40. The molecule has 2 aliphatic rings. The second-order valence-corrected chi connectivity index (χ2v) is 8.31. The number of ether oxygens (including phenoxy) is 3. The van der Waals surface area contributed by atoms with Gasteiger partial charge in [-0.3, -0.25) is 4.79 Å². The Morgan fingerprint density at radius 1 is 1.10 bits per heavy atom. The van der Waals surface area contributed by atoms with Gasteiger partial charge in [0.1, 0.15) is 5.75 Å². The molecular formula is C25H28N2O4. The number of likely N-dealkylation sites (tertiary alicyclic amines) is 1. The van der Waals surface area contributed by atoms with Crippen molar-refractivity contribution < 1.29 is 19.0 Å². The first kappa shape index (κ1) is 20.1. The van der Waals surface area contributed by atoms with E-state index < -0.39 is 5.79 Å². The second kappa shape index (κ2) is 8.36. The average molecular weight is 421 g/mol. The van der Waals surface area contributed by atoms with Gasteiger partial charge in [0.15, 0.2) is 5.79 Å². The number of carbonyl (C=O) groups excluding carboxylic acids is 1. The van der Waals surface area contributed by atoms with Gasteiger partial charge < -0.3 is 24.1 Å². The molecule has 31 heavy (non-hydrogen) atoms. The van der Waals surface area contributed by atoms with Crippen LogP contribution < -0.4 is 4.74 Å². The number of hydrogen-bond acceptors (Lipinski definition) is 4. The molecule has 2 aliphatic heterocycles. The largest absolute Gasteiger partial charge is 0.497 e. The summed E-state index contributed by atoms with van der Waals surface area (Å²) in [7, 11) is 1.66. The van der Waals surface area contributed by atoms with Crippen molar-refractivity contribution in [2.45, 2.75) is 31.0 Å². The highest BCUT2D eigenvalue weighted by molar-refractivity contribution is 5.86. The Hall–Kier alpha value is -2.83. The summed E-state index contributed by atoms with van der Waals surface area (Å²) in [6, 6.07) is 16.3. The zero-order chi connectivity index (χ0) is 21.3. The molecule has 3 aromatic rings. The van der Waals surface area contributed by atoms with E-state index in [-0.39, 0.29) is 11.8 Å². The molecule has 1 amide bonds. The van der Waals surface area contributed by atoms with E-state index in [1.54, 1.807) is 7.11 Å². The van der Waals surface area contributed by atoms with Gasteiger partial charge in [-0.25, -0.2) is 0 Å². The van der Waals surface area contributed by atoms with Gasteiger partial charge >= 0.3 is 0 Å². The molecule has 0 aliphatic carbocycles. The normalized spacial score (nSPS) is 19.1. The third-order valence-corrected chi connectivity index (χ3v) is 6.59. The van der Waals surface area contributed by atoms with Gasteiger partial charge in [0.2, 0.25) is 5.91 Å². The van der Waals surface area contributed by atoms with E-state index in [9.17, 15) is 4.79 Å². The number of benzene rings is 2. The van der Waals surface area contributed by atoms with Crippen molar-refractivity contribution in [2.75, 3.05) is 33.4 Å². The van der Waals surface area contributed by atoms with Crippen LogP contribution in [-0.4, -0.2) is 55.0 Å². The highest BCUT2D eigenvalue weighted by Gasteiger charge is 2.41. The Bertz CT molecular complexity index is 1040. The molecule has 6 nitrogen and oxygen atoms in total.